The summed E-state index contributed by atoms with van der Waals surface area (Å²) >= 11 is 4.94. The Morgan fingerprint density at radius 2 is 2.29 bits per heavy atom. The van der Waals surface area contributed by atoms with E-state index in [1.54, 1.807) is 6.07 Å². The third-order valence-corrected chi connectivity index (χ3v) is 3.88. The molecular formula is C12H12BrFN2S. The molecule has 0 saturated carbocycles. The van der Waals surface area contributed by atoms with E-state index in [2.05, 4.69) is 33.2 Å². The number of nitrogens with zero attached hydrogens (tertiary/aromatic N) is 1. The van der Waals surface area contributed by atoms with E-state index in [-0.39, 0.29) is 5.82 Å². The maximum absolute atomic E-state index is 13.2. The standard InChI is InChI=1S/C12H12BrFN2S/c1-2-15-6-9-7-17-12(16-9)10-5-8(14)3-4-11(10)13/h3-5,7,15H,2,6H2,1H3. The van der Waals surface area contributed by atoms with Crippen LogP contribution in [0.2, 0.25) is 0 Å². The van der Waals surface area contributed by atoms with Crippen molar-refractivity contribution in [1.29, 1.82) is 0 Å². The van der Waals surface area contributed by atoms with Gasteiger partial charge in [-0.05, 0) is 24.7 Å². The zero-order valence-corrected chi connectivity index (χ0v) is 11.7. The summed E-state index contributed by atoms with van der Waals surface area (Å²) in [5, 5.41) is 6.05. The number of rotatable bonds is 4. The zero-order chi connectivity index (χ0) is 12.3. The highest BCUT2D eigenvalue weighted by Crippen LogP contribution is 2.31. The Hall–Kier alpha value is -0.780. The Morgan fingerprint density at radius 1 is 1.47 bits per heavy atom. The number of thiazole rings is 1. The molecule has 5 heteroatoms. The molecular weight excluding hydrogens is 303 g/mol. The second kappa shape index (κ2) is 5.71. The lowest BCUT2D eigenvalue weighted by Crippen LogP contribution is -2.11. The smallest absolute Gasteiger partial charge is 0.124 e. The van der Waals surface area contributed by atoms with E-state index in [4.69, 9.17) is 0 Å². The van der Waals surface area contributed by atoms with Crippen LogP contribution in [0.4, 0.5) is 4.39 Å². The van der Waals surface area contributed by atoms with E-state index in [1.807, 2.05) is 5.38 Å². The van der Waals surface area contributed by atoms with Crippen molar-refractivity contribution < 1.29 is 4.39 Å². The fourth-order valence-corrected chi connectivity index (χ4v) is 2.84. The van der Waals surface area contributed by atoms with Gasteiger partial charge in [0.15, 0.2) is 0 Å². The van der Waals surface area contributed by atoms with Crippen molar-refractivity contribution in [3.63, 3.8) is 0 Å². The lowest BCUT2D eigenvalue weighted by Gasteiger charge is -2.00. The highest BCUT2D eigenvalue weighted by atomic mass is 79.9. The van der Waals surface area contributed by atoms with Crippen molar-refractivity contribution in [3.05, 3.63) is 39.6 Å². The van der Waals surface area contributed by atoms with Crippen molar-refractivity contribution in [1.82, 2.24) is 10.3 Å². The molecule has 0 unspecified atom stereocenters. The van der Waals surface area contributed by atoms with Crippen LogP contribution in [0.3, 0.4) is 0 Å². The van der Waals surface area contributed by atoms with Gasteiger partial charge >= 0.3 is 0 Å². The largest absolute Gasteiger partial charge is 0.311 e. The van der Waals surface area contributed by atoms with Gasteiger partial charge < -0.3 is 5.32 Å². The summed E-state index contributed by atoms with van der Waals surface area (Å²) in [6.45, 7) is 3.72. The van der Waals surface area contributed by atoms with Crippen LogP contribution in [0.25, 0.3) is 10.6 Å². The van der Waals surface area contributed by atoms with Gasteiger partial charge in [-0.25, -0.2) is 9.37 Å². The van der Waals surface area contributed by atoms with Crippen LogP contribution in [-0.2, 0) is 6.54 Å². The Kier molecular flexibility index (Phi) is 4.25. The van der Waals surface area contributed by atoms with Crippen LogP contribution in [0.1, 0.15) is 12.6 Å². The molecule has 0 atom stereocenters. The average molecular weight is 315 g/mol. The predicted molar refractivity (Wildman–Crippen MR) is 72.6 cm³/mol. The SMILES string of the molecule is CCNCc1csc(-c2cc(F)ccc2Br)n1. The van der Waals surface area contributed by atoms with E-state index < -0.39 is 0 Å². The van der Waals surface area contributed by atoms with Gasteiger partial charge in [-0.3, -0.25) is 0 Å². The topological polar surface area (TPSA) is 24.9 Å². The third kappa shape index (κ3) is 3.12. The van der Waals surface area contributed by atoms with Crippen molar-refractivity contribution in [2.75, 3.05) is 6.54 Å². The van der Waals surface area contributed by atoms with Gasteiger partial charge in [0.1, 0.15) is 10.8 Å². The molecule has 1 N–H and O–H groups in total. The first kappa shape index (κ1) is 12.7. The fraction of sp³-hybridized carbons (Fsp3) is 0.250. The average Bonchev–Trinajstić information content (AvgIpc) is 2.78. The maximum atomic E-state index is 13.2. The molecule has 17 heavy (non-hydrogen) atoms. The Balaban J connectivity index is 2.27. The Labute approximate surface area is 112 Å². The molecule has 2 rings (SSSR count). The molecule has 1 aromatic carbocycles. The molecule has 0 bridgehead atoms. The van der Waals surface area contributed by atoms with E-state index in [1.165, 1.54) is 23.5 Å². The Morgan fingerprint density at radius 3 is 3.06 bits per heavy atom. The molecule has 0 radical (unpaired) electrons. The monoisotopic (exact) mass is 314 g/mol. The second-order valence-electron chi connectivity index (χ2n) is 3.55. The lowest BCUT2D eigenvalue weighted by molar-refractivity contribution is 0.628. The van der Waals surface area contributed by atoms with Crippen LogP contribution in [0.5, 0.6) is 0 Å². The van der Waals surface area contributed by atoms with Crippen molar-refractivity contribution >= 4 is 27.3 Å². The molecule has 0 fully saturated rings. The molecule has 2 aromatic rings. The summed E-state index contributed by atoms with van der Waals surface area (Å²) in [6.07, 6.45) is 0. The van der Waals surface area contributed by atoms with Crippen LogP contribution in [0, 0.1) is 5.82 Å². The molecule has 1 heterocycles. The summed E-state index contributed by atoms with van der Waals surface area (Å²) in [6, 6.07) is 4.64. The summed E-state index contributed by atoms with van der Waals surface area (Å²) in [4.78, 5) is 4.48. The molecule has 0 aliphatic carbocycles. The molecule has 0 aliphatic rings. The predicted octanol–water partition coefficient (Wildman–Crippen LogP) is 3.82. The van der Waals surface area contributed by atoms with Gasteiger partial charge in [-0.1, -0.05) is 22.9 Å². The molecule has 0 spiro atoms. The number of halogens is 2. The molecule has 90 valence electrons. The normalized spacial score (nSPS) is 10.8. The summed E-state index contributed by atoms with van der Waals surface area (Å²) in [5.41, 5.74) is 1.79. The van der Waals surface area contributed by atoms with Crippen molar-refractivity contribution in [3.8, 4) is 10.6 Å². The van der Waals surface area contributed by atoms with Gasteiger partial charge in [0.05, 0.1) is 5.69 Å². The quantitative estimate of drug-likeness (QED) is 0.928. The molecule has 1 aromatic heterocycles. The van der Waals surface area contributed by atoms with Crippen molar-refractivity contribution in [2.45, 2.75) is 13.5 Å². The van der Waals surface area contributed by atoms with Crippen LogP contribution in [0.15, 0.2) is 28.1 Å². The number of nitrogens with one attached hydrogen (secondary N) is 1. The van der Waals surface area contributed by atoms with Gasteiger partial charge in [0.2, 0.25) is 0 Å². The van der Waals surface area contributed by atoms with E-state index in [0.717, 1.165) is 33.8 Å². The molecule has 2 nitrogen and oxygen atoms in total. The molecule has 0 saturated heterocycles. The first-order valence-electron chi connectivity index (χ1n) is 5.31. The summed E-state index contributed by atoms with van der Waals surface area (Å²) in [5.74, 6) is -0.244. The lowest BCUT2D eigenvalue weighted by atomic mass is 10.2. The first-order valence-corrected chi connectivity index (χ1v) is 6.98. The third-order valence-electron chi connectivity index (χ3n) is 2.27. The second-order valence-corrected chi connectivity index (χ2v) is 5.26. The summed E-state index contributed by atoms with van der Waals surface area (Å²) in [7, 11) is 0. The fourth-order valence-electron chi connectivity index (χ4n) is 1.43. The minimum atomic E-state index is -0.244. The van der Waals surface area contributed by atoms with E-state index >= 15 is 0 Å². The zero-order valence-electron chi connectivity index (χ0n) is 9.34. The maximum Gasteiger partial charge on any atom is 0.124 e. The molecule has 0 amide bonds. The first-order chi connectivity index (χ1) is 8.20. The van der Waals surface area contributed by atoms with E-state index in [9.17, 15) is 4.39 Å². The number of aromatic nitrogens is 1. The number of benzene rings is 1. The van der Waals surface area contributed by atoms with Crippen LogP contribution < -0.4 is 5.32 Å². The van der Waals surface area contributed by atoms with Gasteiger partial charge in [-0.15, -0.1) is 11.3 Å². The minimum Gasteiger partial charge on any atom is -0.311 e. The van der Waals surface area contributed by atoms with Gasteiger partial charge in [0.25, 0.3) is 0 Å². The summed E-state index contributed by atoms with van der Waals surface area (Å²) < 4.78 is 14.1. The Bertz CT molecular complexity index is 513. The number of hydrogen-bond acceptors (Lipinski definition) is 3. The van der Waals surface area contributed by atoms with Crippen LogP contribution in [-0.4, -0.2) is 11.5 Å². The van der Waals surface area contributed by atoms with Crippen LogP contribution >= 0.6 is 27.3 Å². The van der Waals surface area contributed by atoms with E-state index in [0.29, 0.717) is 0 Å². The number of hydrogen-bond donors (Lipinski definition) is 1. The van der Waals surface area contributed by atoms with Gasteiger partial charge in [-0.2, -0.15) is 0 Å². The van der Waals surface area contributed by atoms with Crippen molar-refractivity contribution in [2.24, 2.45) is 0 Å². The van der Waals surface area contributed by atoms with Gasteiger partial charge in [0, 0.05) is 22.0 Å². The highest BCUT2D eigenvalue weighted by molar-refractivity contribution is 9.10. The highest BCUT2D eigenvalue weighted by Gasteiger charge is 2.09. The minimum absolute atomic E-state index is 0.244. The molecule has 0 aliphatic heterocycles.